The average Bonchev–Trinajstić information content (AvgIpc) is 3.14. The Bertz CT molecular complexity index is 833. The van der Waals surface area contributed by atoms with Crippen LogP contribution >= 0.6 is 27.5 Å². The van der Waals surface area contributed by atoms with E-state index in [-0.39, 0.29) is 5.91 Å². The summed E-state index contributed by atoms with van der Waals surface area (Å²) >= 11 is 9.82. The highest BCUT2D eigenvalue weighted by Gasteiger charge is 2.19. The Morgan fingerprint density at radius 2 is 2.04 bits per heavy atom. The molecule has 2 aromatic rings. The number of para-hydroxylation sites is 1. The van der Waals surface area contributed by atoms with Gasteiger partial charge in [-0.15, -0.1) is 0 Å². The maximum Gasteiger partial charge on any atom is 0.248 e. The minimum atomic E-state index is -0.213. The molecule has 26 heavy (non-hydrogen) atoms. The molecular formula is C20H20BrClN2O2. The summed E-state index contributed by atoms with van der Waals surface area (Å²) in [6.45, 7) is 1.91. The molecule has 1 N–H and O–H groups in total. The number of hydrogen-bond donors (Lipinski definition) is 1. The molecule has 0 bridgehead atoms. The van der Waals surface area contributed by atoms with Crippen molar-refractivity contribution < 1.29 is 9.53 Å². The Labute approximate surface area is 166 Å². The lowest BCUT2D eigenvalue weighted by Crippen LogP contribution is -2.21. The van der Waals surface area contributed by atoms with Crippen LogP contribution in [-0.4, -0.2) is 26.1 Å². The third-order valence-electron chi connectivity index (χ3n) is 4.27. The quantitative estimate of drug-likeness (QED) is 0.643. The fourth-order valence-corrected chi connectivity index (χ4v) is 3.73. The van der Waals surface area contributed by atoms with E-state index in [0.29, 0.717) is 10.8 Å². The standard InChI is InChI=1S/C20H20BrClN2O2/c1-26-18-9-8-15(21)13-14(18)7-10-19(25)23-17-6-4-5-16(22)20(17)24-11-2-3-12-24/h4-10,13H,2-3,11-12H2,1H3,(H,23,25)/b10-7+. The third kappa shape index (κ3) is 4.40. The van der Waals surface area contributed by atoms with Gasteiger partial charge in [-0.2, -0.15) is 0 Å². The molecule has 1 saturated heterocycles. The van der Waals surface area contributed by atoms with E-state index >= 15 is 0 Å². The first-order chi connectivity index (χ1) is 12.6. The number of ether oxygens (including phenoxy) is 1. The van der Waals surface area contributed by atoms with Gasteiger partial charge in [-0.3, -0.25) is 4.79 Å². The van der Waals surface area contributed by atoms with Crippen molar-refractivity contribution in [2.24, 2.45) is 0 Å². The molecular weight excluding hydrogens is 416 g/mol. The summed E-state index contributed by atoms with van der Waals surface area (Å²) in [4.78, 5) is 14.7. The highest BCUT2D eigenvalue weighted by Crippen LogP contribution is 2.36. The highest BCUT2D eigenvalue weighted by molar-refractivity contribution is 9.10. The van der Waals surface area contributed by atoms with E-state index in [1.807, 2.05) is 36.4 Å². The first-order valence-corrected chi connectivity index (χ1v) is 9.61. The number of nitrogens with zero attached hydrogens (tertiary/aromatic N) is 1. The van der Waals surface area contributed by atoms with Gasteiger partial charge >= 0.3 is 0 Å². The predicted molar refractivity (Wildman–Crippen MR) is 111 cm³/mol. The second kappa shape index (κ2) is 8.60. The van der Waals surface area contributed by atoms with Crippen LogP contribution in [0.5, 0.6) is 5.75 Å². The molecule has 3 rings (SSSR count). The van der Waals surface area contributed by atoms with Gasteiger partial charge in [0.05, 0.1) is 23.5 Å². The van der Waals surface area contributed by atoms with E-state index in [1.165, 1.54) is 6.08 Å². The first-order valence-electron chi connectivity index (χ1n) is 8.44. The minimum absolute atomic E-state index is 0.213. The Morgan fingerprint density at radius 1 is 1.27 bits per heavy atom. The normalized spacial score (nSPS) is 14.0. The van der Waals surface area contributed by atoms with Crippen molar-refractivity contribution >= 4 is 50.9 Å². The molecule has 0 unspecified atom stereocenters. The van der Waals surface area contributed by atoms with E-state index < -0.39 is 0 Å². The van der Waals surface area contributed by atoms with Gasteiger partial charge in [0.25, 0.3) is 0 Å². The fourth-order valence-electron chi connectivity index (χ4n) is 3.05. The molecule has 1 aliphatic rings. The lowest BCUT2D eigenvalue weighted by Gasteiger charge is -2.22. The molecule has 0 aliphatic carbocycles. The molecule has 0 spiro atoms. The molecule has 2 aromatic carbocycles. The van der Waals surface area contributed by atoms with Gasteiger partial charge in [-0.25, -0.2) is 0 Å². The molecule has 0 atom stereocenters. The van der Waals surface area contributed by atoms with E-state index in [4.69, 9.17) is 16.3 Å². The maximum atomic E-state index is 12.4. The maximum absolute atomic E-state index is 12.4. The van der Waals surface area contributed by atoms with E-state index in [9.17, 15) is 4.79 Å². The molecule has 0 aromatic heterocycles. The summed E-state index contributed by atoms with van der Waals surface area (Å²) in [5.74, 6) is 0.493. The van der Waals surface area contributed by atoms with Crippen LogP contribution in [0.4, 0.5) is 11.4 Å². The van der Waals surface area contributed by atoms with Crippen LogP contribution in [0.25, 0.3) is 6.08 Å². The molecule has 0 saturated carbocycles. The Hall–Kier alpha value is -1.98. The summed E-state index contributed by atoms with van der Waals surface area (Å²) < 4.78 is 6.25. The smallest absolute Gasteiger partial charge is 0.248 e. The van der Waals surface area contributed by atoms with Crippen molar-refractivity contribution in [3.63, 3.8) is 0 Å². The second-order valence-corrected chi connectivity index (χ2v) is 7.36. The molecule has 136 valence electrons. The van der Waals surface area contributed by atoms with Crippen molar-refractivity contribution in [2.45, 2.75) is 12.8 Å². The van der Waals surface area contributed by atoms with E-state index in [0.717, 1.165) is 47.3 Å². The van der Waals surface area contributed by atoms with Crippen molar-refractivity contribution in [3.8, 4) is 5.75 Å². The number of amides is 1. The van der Waals surface area contributed by atoms with Crippen LogP contribution in [0.3, 0.4) is 0 Å². The van der Waals surface area contributed by atoms with Gasteiger partial charge in [0, 0.05) is 29.2 Å². The highest BCUT2D eigenvalue weighted by atomic mass is 79.9. The number of benzene rings is 2. The summed E-state index contributed by atoms with van der Waals surface area (Å²) in [6.07, 6.45) is 5.51. The zero-order valence-electron chi connectivity index (χ0n) is 14.5. The third-order valence-corrected chi connectivity index (χ3v) is 5.07. The first kappa shape index (κ1) is 18.8. The number of halogens is 2. The van der Waals surface area contributed by atoms with E-state index in [1.54, 1.807) is 13.2 Å². The van der Waals surface area contributed by atoms with Gasteiger partial charge in [-0.05, 0) is 49.2 Å². The fraction of sp³-hybridized carbons (Fsp3) is 0.250. The SMILES string of the molecule is COc1ccc(Br)cc1/C=C/C(=O)Nc1cccc(Cl)c1N1CCCC1. The number of carbonyl (C=O) groups is 1. The number of rotatable bonds is 5. The summed E-state index contributed by atoms with van der Waals surface area (Å²) in [7, 11) is 1.61. The Kier molecular flexibility index (Phi) is 6.22. The van der Waals surface area contributed by atoms with Crippen LogP contribution in [0, 0.1) is 0 Å². The largest absolute Gasteiger partial charge is 0.496 e. The summed E-state index contributed by atoms with van der Waals surface area (Å²) in [5, 5.41) is 3.60. The number of carbonyl (C=O) groups excluding carboxylic acids is 1. The monoisotopic (exact) mass is 434 g/mol. The van der Waals surface area contributed by atoms with Crippen molar-refractivity contribution in [1.82, 2.24) is 0 Å². The molecule has 1 fully saturated rings. The van der Waals surface area contributed by atoms with Crippen LogP contribution in [-0.2, 0) is 4.79 Å². The average molecular weight is 436 g/mol. The van der Waals surface area contributed by atoms with Gasteiger partial charge in [0.2, 0.25) is 5.91 Å². The molecule has 0 radical (unpaired) electrons. The lowest BCUT2D eigenvalue weighted by molar-refractivity contribution is -0.111. The van der Waals surface area contributed by atoms with Crippen LogP contribution in [0.2, 0.25) is 5.02 Å². The predicted octanol–water partition coefficient (Wildman–Crippen LogP) is 5.36. The number of hydrogen-bond acceptors (Lipinski definition) is 3. The summed E-state index contributed by atoms with van der Waals surface area (Å²) in [5.41, 5.74) is 2.45. The number of nitrogens with one attached hydrogen (secondary N) is 1. The lowest BCUT2D eigenvalue weighted by atomic mass is 10.2. The van der Waals surface area contributed by atoms with Crippen LogP contribution in [0.1, 0.15) is 18.4 Å². The zero-order valence-corrected chi connectivity index (χ0v) is 16.8. The van der Waals surface area contributed by atoms with E-state index in [2.05, 4.69) is 26.1 Å². The molecule has 1 aliphatic heterocycles. The minimum Gasteiger partial charge on any atom is -0.496 e. The Morgan fingerprint density at radius 3 is 2.77 bits per heavy atom. The zero-order chi connectivity index (χ0) is 18.5. The number of methoxy groups -OCH3 is 1. The van der Waals surface area contributed by atoms with Crippen LogP contribution < -0.4 is 15.0 Å². The van der Waals surface area contributed by atoms with Gasteiger partial charge in [0.15, 0.2) is 0 Å². The Balaban J connectivity index is 1.79. The number of anilines is 2. The topological polar surface area (TPSA) is 41.6 Å². The van der Waals surface area contributed by atoms with Crippen LogP contribution in [0.15, 0.2) is 46.9 Å². The van der Waals surface area contributed by atoms with Gasteiger partial charge < -0.3 is 15.0 Å². The second-order valence-electron chi connectivity index (χ2n) is 6.04. The van der Waals surface area contributed by atoms with Gasteiger partial charge in [-0.1, -0.05) is 33.6 Å². The molecule has 6 heteroatoms. The summed E-state index contributed by atoms with van der Waals surface area (Å²) in [6, 6.07) is 11.2. The molecule has 1 amide bonds. The van der Waals surface area contributed by atoms with Crippen molar-refractivity contribution in [2.75, 3.05) is 30.4 Å². The van der Waals surface area contributed by atoms with Gasteiger partial charge in [0.1, 0.15) is 5.75 Å². The van der Waals surface area contributed by atoms with Crippen molar-refractivity contribution in [1.29, 1.82) is 0 Å². The molecule has 4 nitrogen and oxygen atoms in total. The van der Waals surface area contributed by atoms with Crippen molar-refractivity contribution in [3.05, 3.63) is 57.5 Å². The molecule has 1 heterocycles.